The van der Waals surface area contributed by atoms with Gasteiger partial charge in [-0.2, -0.15) is 0 Å². The van der Waals surface area contributed by atoms with Crippen LogP contribution in [0.4, 0.5) is 0 Å². The van der Waals surface area contributed by atoms with Gasteiger partial charge in [0.05, 0.1) is 4.90 Å². The first-order valence-corrected chi connectivity index (χ1v) is 9.30. The van der Waals surface area contributed by atoms with E-state index in [1.165, 1.54) is 0 Å². The molecule has 4 heteroatoms. The molecule has 118 valence electrons. The first-order chi connectivity index (χ1) is 9.68. The lowest BCUT2D eigenvalue weighted by Crippen LogP contribution is -2.37. The van der Waals surface area contributed by atoms with Crippen molar-refractivity contribution in [3.8, 4) is 0 Å². The minimum atomic E-state index is -3.39. The fraction of sp³-hybridized carbons (Fsp3) is 0.647. The highest BCUT2D eigenvalue weighted by Crippen LogP contribution is 2.26. The van der Waals surface area contributed by atoms with Crippen molar-refractivity contribution in [2.24, 2.45) is 5.92 Å². The summed E-state index contributed by atoms with van der Waals surface area (Å²) in [6.45, 7) is 8.60. The average Bonchev–Trinajstić information content (AvgIpc) is 2.40. The third-order valence-corrected chi connectivity index (χ3v) is 5.90. The van der Waals surface area contributed by atoms with Crippen LogP contribution >= 0.6 is 0 Å². The highest BCUT2D eigenvalue weighted by Gasteiger charge is 2.24. The monoisotopic (exact) mass is 309 g/mol. The van der Waals surface area contributed by atoms with E-state index in [0.717, 1.165) is 37.2 Å². The molecule has 2 rings (SSSR count). The van der Waals surface area contributed by atoms with Gasteiger partial charge in [0, 0.05) is 6.04 Å². The van der Waals surface area contributed by atoms with Gasteiger partial charge in [-0.15, -0.1) is 0 Å². The number of rotatable bonds is 3. The summed E-state index contributed by atoms with van der Waals surface area (Å²) in [5.41, 5.74) is 1.18. The Morgan fingerprint density at radius 3 is 2.00 bits per heavy atom. The van der Waals surface area contributed by atoms with Crippen LogP contribution in [0.1, 0.15) is 58.9 Å². The van der Waals surface area contributed by atoms with Gasteiger partial charge in [-0.25, -0.2) is 13.1 Å². The maximum Gasteiger partial charge on any atom is 0.240 e. The minimum Gasteiger partial charge on any atom is -0.208 e. The normalized spacial score (nSPS) is 24.0. The molecule has 0 saturated heterocycles. The lowest BCUT2D eigenvalue weighted by atomic mass is 9.87. The van der Waals surface area contributed by atoms with Gasteiger partial charge in [0.15, 0.2) is 0 Å². The van der Waals surface area contributed by atoms with Crippen molar-refractivity contribution >= 4 is 10.0 Å². The third-order valence-electron chi connectivity index (χ3n) is 4.37. The summed E-state index contributed by atoms with van der Waals surface area (Å²) in [5.74, 6) is 0.719. The molecule has 1 aromatic carbocycles. The zero-order valence-corrected chi connectivity index (χ0v) is 14.3. The van der Waals surface area contributed by atoms with Gasteiger partial charge in [0.1, 0.15) is 0 Å². The second-order valence-electron chi connectivity index (χ2n) is 7.35. The fourth-order valence-corrected chi connectivity index (χ4v) is 4.10. The molecule has 1 N–H and O–H groups in total. The molecule has 1 aromatic rings. The maximum atomic E-state index is 12.4. The van der Waals surface area contributed by atoms with Gasteiger partial charge in [-0.3, -0.25) is 0 Å². The van der Waals surface area contributed by atoms with E-state index in [-0.39, 0.29) is 11.5 Å². The summed E-state index contributed by atoms with van der Waals surface area (Å²) >= 11 is 0. The molecule has 0 bridgehead atoms. The first kappa shape index (κ1) is 16.5. The van der Waals surface area contributed by atoms with Crippen LogP contribution in [0, 0.1) is 5.92 Å². The van der Waals surface area contributed by atoms with Crippen LogP contribution in [-0.2, 0) is 15.4 Å². The Hall–Kier alpha value is -0.870. The lowest BCUT2D eigenvalue weighted by molar-refractivity contribution is 0.332. The predicted octanol–water partition coefficient (Wildman–Crippen LogP) is 3.84. The molecule has 0 amide bonds. The van der Waals surface area contributed by atoms with Gasteiger partial charge >= 0.3 is 0 Å². The number of sulfonamides is 1. The number of nitrogens with one attached hydrogen (secondary N) is 1. The van der Waals surface area contributed by atoms with E-state index in [4.69, 9.17) is 0 Å². The molecule has 0 atom stereocenters. The predicted molar refractivity (Wildman–Crippen MR) is 86.9 cm³/mol. The Morgan fingerprint density at radius 2 is 1.52 bits per heavy atom. The smallest absolute Gasteiger partial charge is 0.208 e. The largest absolute Gasteiger partial charge is 0.240 e. The number of hydrogen-bond donors (Lipinski definition) is 1. The van der Waals surface area contributed by atoms with Crippen molar-refractivity contribution in [2.45, 2.75) is 69.7 Å². The van der Waals surface area contributed by atoms with Gasteiger partial charge in [-0.1, -0.05) is 39.8 Å². The van der Waals surface area contributed by atoms with Crippen LogP contribution in [0.15, 0.2) is 29.2 Å². The summed E-state index contributed by atoms with van der Waals surface area (Å²) in [5, 5.41) is 0. The molecule has 0 heterocycles. The summed E-state index contributed by atoms with van der Waals surface area (Å²) in [6.07, 6.45) is 4.10. The molecule has 0 spiro atoms. The molecule has 0 radical (unpaired) electrons. The molecule has 0 aliphatic heterocycles. The summed E-state index contributed by atoms with van der Waals surface area (Å²) < 4.78 is 27.7. The van der Waals surface area contributed by atoms with E-state index in [2.05, 4.69) is 32.4 Å². The molecule has 0 aromatic heterocycles. The lowest BCUT2D eigenvalue weighted by Gasteiger charge is -2.26. The van der Waals surface area contributed by atoms with E-state index in [1.807, 2.05) is 12.1 Å². The van der Waals surface area contributed by atoms with Crippen molar-refractivity contribution in [3.05, 3.63) is 29.8 Å². The Morgan fingerprint density at radius 1 is 1.00 bits per heavy atom. The van der Waals surface area contributed by atoms with Gasteiger partial charge < -0.3 is 0 Å². The second-order valence-corrected chi connectivity index (χ2v) is 9.07. The van der Waals surface area contributed by atoms with Crippen molar-refractivity contribution in [2.75, 3.05) is 0 Å². The minimum absolute atomic E-state index is 0.0369. The van der Waals surface area contributed by atoms with Crippen molar-refractivity contribution < 1.29 is 8.42 Å². The zero-order valence-electron chi connectivity index (χ0n) is 13.5. The van der Waals surface area contributed by atoms with Crippen LogP contribution in [0.25, 0.3) is 0 Å². The Labute approximate surface area is 129 Å². The standard InChI is InChI=1S/C17H27NO2S/c1-13-5-9-15(10-6-13)18-21(19,20)16-11-7-14(8-12-16)17(2,3)4/h7-8,11-13,15,18H,5-6,9-10H2,1-4H3. The van der Waals surface area contributed by atoms with Crippen LogP contribution in [0.3, 0.4) is 0 Å². The highest BCUT2D eigenvalue weighted by molar-refractivity contribution is 7.89. The van der Waals surface area contributed by atoms with Gasteiger partial charge in [-0.05, 0) is 54.7 Å². The quantitative estimate of drug-likeness (QED) is 0.922. The molecule has 1 aliphatic rings. The van der Waals surface area contributed by atoms with Crippen LogP contribution < -0.4 is 4.72 Å². The van der Waals surface area contributed by atoms with Gasteiger partial charge in [0.25, 0.3) is 0 Å². The molecule has 3 nitrogen and oxygen atoms in total. The van der Waals surface area contributed by atoms with E-state index in [0.29, 0.717) is 4.90 Å². The van der Waals surface area contributed by atoms with Crippen LogP contribution in [0.5, 0.6) is 0 Å². The summed E-state index contributed by atoms with van der Waals surface area (Å²) in [4.78, 5) is 0.370. The number of hydrogen-bond acceptors (Lipinski definition) is 2. The fourth-order valence-electron chi connectivity index (χ4n) is 2.80. The molecule has 1 saturated carbocycles. The number of benzene rings is 1. The third kappa shape index (κ3) is 4.30. The first-order valence-electron chi connectivity index (χ1n) is 7.81. The molecule has 1 fully saturated rings. The van der Waals surface area contributed by atoms with Crippen molar-refractivity contribution in [3.63, 3.8) is 0 Å². The Kier molecular flexibility index (Phi) is 4.79. The Bertz CT molecular complexity index is 562. The van der Waals surface area contributed by atoms with E-state index in [9.17, 15) is 8.42 Å². The van der Waals surface area contributed by atoms with Gasteiger partial charge in [0.2, 0.25) is 10.0 Å². The average molecular weight is 309 g/mol. The van der Waals surface area contributed by atoms with Crippen LogP contribution in [0.2, 0.25) is 0 Å². The summed E-state index contributed by atoms with van der Waals surface area (Å²) in [7, 11) is -3.39. The van der Waals surface area contributed by atoms with Crippen LogP contribution in [-0.4, -0.2) is 14.5 Å². The second kappa shape index (κ2) is 6.09. The summed E-state index contributed by atoms with van der Waals surface area (Å²) in [6, 6.07) is 7.35. The van der Waals surface area contributed by atoms with Crippen molar-refractivity contribution in [1.82, 2.24) is 4.72 Å². The van der Waals surface area contributed by atoms with E-state index >= 15 is 0 Å². The zero-order chi connectivity index (χ0) is 15.7. The maximum absolute atomic E-state index is 12.4. The molecule has 21 heavy (non-hydrogen) atoms. The molecule has 0 unspecified atom stereocenters. The SMILES string of the molecule is CC1CCC(NS(=O)(=O)c2ccc(C(C)(C)C)cc2)CC1. The topological polar surface area (TPSA) is 46.2 Å². The highest BCUT2D eigenvalue weighted by atomic mass is 32.2. The Balaban J connectivity index is 2.09. The van der Waals surface area contributed by atoms with E-state index < -0.39 is 10.0 Å². The van der Waals surface area contributed by atoms with Crippen molar-refractivity contribution in [1.29, 1.82) is 0 Å². The molecular weight excluding hydrogens is 282 g/mol. The molecule has 1 aliphatic carbocycles. The molecular formula is C17H27NO2S. The van der Waals surface area contributed by atoms with E-state index in [1.54, 1.807) is 12.1 Å².